The first-order valence-electron chi connectivity index (χ1n) is 10.2. The maximum Gasteiger partial charge on any atom is 0.391 e. The minimum absolute atomic E-state index is 0. The van der Waals surface area contributed by atoms with E-state index in [-0.39, 0.29) is 68.3 Å². The van der Waals surface area contributed by atoms with E-state index < -0.39 is 24.0 Å². The van der Waals surface area contributed by atoms with Gasteiger partial charge in [0, 0.05) is 12.1 Å². The molecule has 0 bridgehead atoms. The van der Waals surface area contributed by atoms with Gasteiger partial charge in [0.2, 0.25) is 11.8 Å². The molecule has 6 nitrogen and oxygen atoms in total. The fraction of sp³-hybridized carbons (Fsp3) is 0.700. The SMILES string of the molecule is COc1nc(OC2CCC(C(F)(F)F)CC2)c(F)cc1CNC(=O)C1NCC2CC21.Cl. The van der Waals surface area contributed by atoms with E-state index in [1.54, 1.807) is 0 Å². The largest absolute Gasteiger partial charge is 0.481 e. The molecular formula is C20H26ClF4N3O3. The Morgan fingerprint density at radius 2 is 1.97 bits per heavy atom. The van der Waals surface area contributed by atoms with E-state index in [1.165, 1.54) is 13.2 Å². The number of amides is 1. The van der Waals surface area contributed by atoms with Crippen LogP contribution in [0.1, 0.15) is 37.7 Å². The Bertz CT molecular complexity index is 803. The van der Waals surface area contributed by atoms with Crippen LogP contribution >= 0.6 is 12.4 Å². The molecule has 1 saturated heterocycles. The van der Waals surface area contributed by atoms with E-state index in [4.69, 9.17) is 9.47 Å². The number of methoxy groups -OCH3 is 1. The predicted molar refractivity (Wildman–Crippen MR) is 106 cm³/mol. The molecule has 3 fully saturated rings. The van der Waals surface area contributed by atoms with E-state index in [9.17, 15) is 22.4 Å². The molecule has 174 valence electrons. The highest BCUT2D eigenvalue weighted by Crippen LogP contribution is 2.45. The molecule has 2 aliphatic carbocycles. The summed E-state index contributed by atoms with van der Waals surface area (Å²) in [4.78, 5) is 16.4. The van der Waals surface area contributed by atoms with Gasteiger partial charge in [-0.25, -0.2) is 4.39 Å². The van der Waals surface area contributed by atoms with Crippen LogP contribution < -0.4 is 20.1 Å². The summed E-state index contributed by atoms with van der Waals surface area (Å²) < 4.78 is 63.7. The molecule has 3 atom stereocenters. The van der Waals surface area contributed by atoms with Crippen LogP contribution in [0.2, 0.25) is 0 Å². The number of hydrogen-bond donors (Lipinski definition) is 2. The van der Waals surface area contributed by atoms with E-state index in [1.807, 2.05) is 0 Å². The smallest absolute Gasteiger partial charge is 0.391 e. The lowest BCUT2D eigenvalue weighted by atomic mass is 9.87. The Hall–Kier alpha value is -1.81. The molecule has 4 rings (SSSR count). The summed E-state index contributed by atoms with van der Waals surface area (Å²) in [6, 6.07) is 0.971. The van der Waals surface area contributed by atoms with Crippen molar-refractivity contribution in [3.05, 3.63) is 17.4 Å². The molecular weight excluding hydrogens is 442 g/mol. The van der Waals surface area contributed by atoms with Gasteiger partial charge in [-0.2, -0.15) is 18.2 Å². The highest BCUT2D eigenvalue weighted by atomic mass is 35.5. The summed E-state index contributed by atoms with van der Waals surface area (Å²) in [5.74, 6) is -1.43. The number of nitrogens with one attached hydrogen (secondary N) is 2. The number of aromatic nitrogens is 1. The Kier molecular flexibility index (Phi) is 7.20. The first-order valence-corrected chi connectivity index (χ1v) is 10.2. The lowest BCUT2D eigenvalue weighted by molar-refractivity contribution is -0.185. The average Bonchev–Trinajstić information content (AvgIpc) is 3.36. The van der Waals surface area contributed by atoms with Gasteiger partial charge in [0.1, 0.15) is 6.10 Å². The number of halogens is 5. The van der Waals surface area contributed by atoms with E-state index >= 15 is 0 Å². The molecule has 0 aromatic carbocycles. The van der Waals surface area contributed by atoms with Crippen molar-refractivity contribution in [3.8, 4) is 11.8 Å². The number of carbonyl (C=O) groups excluding carboxylic acids is 1. The van der Waals surface area contributed by atoms with Gasteiger partial charge in [0.25, 0.3) is 5.88 Å². The summed E-state index contributed by atoms with van der Waals surface area (Å²) in [7, 11) is 1.37. The lowest BCUT2D eigenvalue weighted by Crippen LogP contribution is -2.42. The first-order chi connectivity index (χ1) is 14.3. The summed E-state index contributed by atoms with van der Waals surface area (Å²) in [5.41, 5.74) is 0.363. The van der Waals surface area contributed by atoms with Crippen LogP contribution in [0, 0.1) is 23.6 Å². The van der Waals surface area contributed by atoms with Gasteiger partial charge < -0.3 is 20.1 Å². The van der Waals surface area contributed by atoms with Crippen molar-refractivity contribution in [2.75, 3.05) is 13.7 Å². The Morgan fingerprint density at radius 3 is 2.52 bits per heavy atom. The molecule has 3 aliphatic rings. The zero-order valence-corrected chi connectivity index (χ0v) is 17.8. The Balaban J connectivity index is 0.00000272. The summed E-state index contributed by atoms with van der Waals surface area (Å²) in [5, 5.41) is 5.96. The number of carbonyl (C=O) groups is 1. The van der Waals surface area contributed by atoms with Gasteiger partial charge in [0.15, 0.2) is 5.82 Å². The molecule has 1 aliphatic heterocycles. The second-order valence-corrected chi connectivity index (χ2v) is 8.34. The van der Waals surface area contributed by atoms with E-state index in [2.05, 4.69) is 15.6 Å². The maximum absolute atomic E-state index is 14.5. The zero-order valence-electron chi connectivity index (χ0n) is 17.0. The molecule has 1 amide bonds. The third-order valence-electron chi connectivity index (χ3n) is 6.33. The molecule has 11 heteroatoms. The fourth-order valence-corrected chi connectivity index (χ4v) is 4.47. The molecule has 0 spiro atoms. The fourth-order valence-electron chi connectivity index (χ4n) is 4.47. The number of hydrogen-bond acceptors (Lipinski definition) is 5. The van der Waals surface area contributed by atoms with Crippen LogP contribution in [0.15, 0.2) is 6.07 Å². The highest BCUT2D eigenvalue weighted by molar-refractivity contribution is 5.85. The first kappa shape index (κ1) is 23.8. The van der Waals surface area contributed by atoms with Gasteiger partial charge >= 0.3 is 6.18 Å². The second kappa shape index (κ2) is 9.36. The lowest BCUT2D eigenvalue weighted by Gasteiger charge is -2.30. The number of fused-ring (bicyclic) bond motifs is 1. The monoisotopic (exact) mass is 467 g/mol. The predicted octanol–water partition coefficient (Wildman–Crippen LogP) is 3.38. The molecule has 2 heterocycles. The summed E-state index contributed by atoms with van der Waals surface area (Å²) >= 11 is 0. The van der Waals surface area contributed by atoms with Gasteiger partial charge in [-0.3, -0.25) is 4.79 Å². The Morgan fingerprint density at radius 1 is 1.26 bits per heavy atom. The van der Waals surface area contributed by atoms with Crippen molar-refractivity contribution in [1.29, 1.82) is 0 Å². The number of pyridine rings is 1. The number of ether oxygens (including phenoxy) is 2. The van der Waals surface area contributed by atoms with Crippen LogP contribution in [-0.2, 0) is 11.3 Å². The quantitative estimate of drug-likeness (QED) is 0.628. The minimum atomic E-state index is -4.21. The molecule has 1 aromatic heterocycles. The van der Waals surface area contributed by atoms with E-state index in [0.29, 0.717) is 17.4 Å². The van der Waals surface area contributed by atoms with Gasteiger partial charge in [-0.05, 0) is 56.6 Å². The number of piperidine rings is 1. The number of nitrogens with zero attached hydrogens (tertiary/aromatic N) is 1. The molecule has 31 heavy (non-hydrogen) atoms. The van der Waals surface area contributed by atoms with Crippen LogP contribution in [0.3, 0.4) is 0 Å². The van der Waals surface area contributed by atoms with Crippen molar-refractivity contribution in [3.63, 3.8) is 0 Å². The topological polar surface area (TPSA) is 72.5 Å². The Labute approximate surface area is 183 Å². The van der Waals surface area contributed by atoms with Gasteiger partial charge in [0.05, 0.1) is 19.1 Å². The van der Waals surface area contributed by atoms with Crippen molar-refractivity contribution in [2.24, 2.45) is 17.8 Å². The normalized spacial score (nSPS) is 29.5. The van der Waals surface area contributed by atoms with Crippen molar-refractivity contribution in [2.45, 2.75) is 57.0 Å². The van der Waals surface area contributed by atoms with Crippen LogP contribution in [0.25, 0.3) is 0 Å². The van der Waals surface area contributed by atoms with Gasteiger partial charge in [-0.15, -0.1) is 12.4 Å². The third kappa shape index (κ3) is 5.34. The molecule has 3 unspecified atom stereocenters. The highest BCUT2D eigenvalue weighted by Gasteiger charge is 2.50. The summed E-state index contributed by atoms with van der Waals surface area (Å²) in [6.45, 7) is 0.900. The van der Waals surface area contributed by atoms with Crippen molar-refractivity contribution >= 4 is 18.3 Å². The van der Waals surface area contributed by atoms with E-state index in [0.717, 1.165) is 13.0 Å². The zero-order chi connectivity index (χ0) is 21.5. The molecule has 2 saturated carbocycles. The van der Waals surface area contributed by atoms with Gasteiger partial charge in [-0.1, -0.05) is 0 Å². The maximum atomic E-state index is 14.5. The minimum Gasteiger partial charge on any atom is -0.481 e. The number of alkyl halides is 3. The third-order valence-corrected chi connectivity index (χ3v) is 6.33. The molecule has 2 N–H and O–H groups in total. The van der Waals surface area contributed by atoms with Crippen molar-refractivity contribution in [1.82, 2.24) is 15.6 Å². The molecule has 0 radical (unpaired) electrons. The average molecular weight is 468 g/mol. The van der Waals surface area contributed by atoms with Crippen LogP contribution in [0.5, 0.6) is 11.8 Å². The summed E-state index contributed by atoms with van der Waals surface area (Å²) in [6.07, 6.45) is -3.41. The molecule has 1 aromatic rings. The van der Waals surface area contributed by atoms with Crippen LogP contribution in [0.4, 0.5) is 17.6 Å². The standard InChI is InChI=1S/C20H25F4N3O3.ClH/c1-29-18-11(9-26-17(28)16-14-6-10(14)8-25-16)7-15(21)19(27-18)30-13-4-2-12(3-5-13)20(22,23)24;/h7,10,12-14,16,25H,2-6,8-9H2,1H3,(H,26,28);1H. The van der Waals surface area contributed by atoms with Crippen molar-refractivity contribution < 1.29 is 31.8 Å². The second-order valence-electron chi connectivity index (χ2n) is 8.34. The van der Waals surface area contributed by atoms with Crippen LogP contribution in [-0.4, -0.2) is 42.9 Å². The number of rotatable bonds is 6.